The quantitative estimate of drug-likeness (QED) is 0.726. The van der Waals surface area contributed by atoms with E-state index < -0.39 is 0 Å². The monoisotopic (exact) mass is 226 g/mol. The van der Waals surface area contributed by atoms with E-state index in [0.29, 0.717) is 0 Å². The van der Waals surface area contributed by atoms with Gasteiger partial charge < -0.3 is 10.6 Å². The second-order valence-corrected chi connectivity index (χ2v) is 4.81. The Morgan fingerprint density at radius 2 is 2.19 bits per heavy atom. The maximum atomic E-state index is 11.7. The highest BCUT2D eigenvalue weighted by atomic mass is 16.1. The second kappa shape index (κ2) is 7.66. The molecule has 0 aromatic heterocycles. The molecule has 0 aliphatic carbocycles. The fraction of sp³-hybridized carbons (Fsp3) is 0.923. The van der Waals surface area contributed by atoms with Crippen LogP contribution in [0.2, 0.25) is 0 Å². The number of carbonyl (C=O) groups is 1. The van der Waals surface area contributed by atoms with Gasteiger partial charge in [0.25, 0.3) is 0 Å². The third kappa shape index (κ3) is 4.52. The first kappa shape index (κ1) is 13.5. The van der Waals surface area contributed by atoms with E-state index in [2.05, 4.69) is 24.5 Å². The van der Waals surface area contributed by atoms with Crippen LogP contribution in [0, 0.1) is 11.8 Å². The Bertz CT molecular complexity index is 196. The van der Waals surface area contributed by atoms with Crippen LogP contribution in [-0.4, -0.2) is 25.5 Å². The smallest absolute Gasteiger partial charge is 0.223 e. The van der Waals surface area contributed by atoms with Gasteiger partial charge >= 0.3 is 0 Å². The molecular weight excluding hydrogens is 200 g/mol. The average molecular weight is 226 g/mol. The minimum absolute atomic E-state index is 0.212. The molecule has 0 spiro atoms. The minimum atomic E-state index is 0.212. The SMILES string of the molecule is CCC(CC)C(=O)NCCC1CCCNC1. The van der Waals surface area contributed by atoms with E-state index in [-0.39, 0.29) is 11.8 Å². The zero-order valence-corrected chi connectivity index (χ0v) is 10.7. The van der Waals surface area contributed by atoms with Crippen molar-refractivity contribution in [1.29, 1.82) is 0 Å². The fourth-order valence-corrected chi connectivity index (χ4v) is 2.37. The van der Waals surface area contributed by atoms with Crippen LogP contribution in [0.5, 0.6) is 0 Å². The van der Waals surface area contributed by atoms with Gasteiger partial charge in [0.05, 0.1) is 0 Å². The predicted molar refractivity (Wildman–Crippen MR) is 67.3 cm³/mol. The zero-order chi connectivity index (χ0) is 11.8. The molecule has 0 aromatic carbocycles. The summed E-state index contributed by atoms with van der Waals surface area (Å²) in [5.74, 6) is 1.22. The molecule has 0 radical (unpaired) electrons. The molecule has 2 N–H and O–H groups in total. The standard InChI is InChI=1S/C13H26N2O/c1-3-12(4-2)13(16)15-9-7-11-6-5-8-14-10-11/h11-12,14H,3-10H2,1-2H3,(H,15,16). The highest BCUT2D eigenvalue weighted by Crippen LogP contribution is 2.13. The Morgan fingerprint density at radius 3 is 2.75 bits per heavy atom. The van der Waals surface area contributed by atoms with Crippen LogP contribution in [0.15, 0.2) is 0 Å². The van der Waals surface area contributed by atoms with Gasteiger partial charge in [0.1, 0.15) is 0 Å². The Balaban J connectivity index is 2.11. The molecule has 1 atom stereocenters. The molecule has 3 heteroatoms. The summed E-state index contributed by atoms with van der Waals surface area (Å²) in [6.07, 6.45) is 5.62. The maximum Gasteiger partial charge on any atom is 0.223 e. The molecule has 94 valence electrons. The molecule has 1 rings (SSSR count). The van der Waals surface area contributed by atoms with E-state index in [0.717, 1.165) is 44.8 Å². The van der Waals surface area contributed by atoms with Gasteiger partial charge in [0.15, 0.2) is 0 Å². The summed E-state index contributed by atoms with van der Waals surface area (Å²) in [5, 5.41) is 6.47. The van der Waals surface area contributed by atoms with Crippen molar-refractivity contribution >= 4 is 5.91 Å². The fourth-order valence-electron chi connectivity index (χ4n) is 2.37. The van der Waals surface area contributed by atoms with Crippen LogP contribution in [-0.2, 0) is 4.79 Å². The maximum absolute atomic E-state index is 11.7. The molecule has 1 fully saturated rings. The molecule has 1 unspecified atom stereocenters. The number of rotatable bonds is 6. The first-order chi connectivity index (χ1) is 7.77. The molecule has 1 saturated heterocycles. The van der Waals surface area contributed by atoms with Gasteiger partial charge in [0.2, 0.25) is 5.91 Å². The van der Waals surface area contributed by atoms with Crippen LogP contribution in [0.25, 0.3) is 0 Å². The number of hydrogen-bond acceptors (Lipinski definition) is 2. The Labute approximate surface area is 99.4 Å². The van der Waals surface area contributed by atoms with E-state index in [4.69, 9.17) is 0 Å². The average Bonchev–Trinajstić information content (AvgIpc) is 2.32. The van der Waals surface area contributed by atoms with Gasteiger partial charge in [-0.15, -0.1) is 0 Å². The molecule has 3 nitrogen and oxygen atoms in total. The molecule has 0 aromatic rings. The lowest BCUT2D eigenvalue weighted by atomic mass is 9.96. The summed E-state index contributed by atoms with van der Waals surface area (Å²) in [6.45, 7) is 7.30. The Kier molecular flexibility index (Phi) is 6.46. The summed E-state index contributed by atoms with van der Waals surface area (Å²) in [4.78, 5) is 11.7. The van der Waals surface area contributed by atoms with Crippen LogP contribution in [0.3, 0.4) is 0 Å². The first-order valence-corrected chi connectivity index (χ1v) is 6.76. The highest BCUT2D eigenvalue weighted by molar-refractivity contribution is 5.78. The molecule has 0 saturated carbocycles. The van der Waals surface area contributed by atoms with Crippen LogP contribution >= 0.6 is 0 Å². The summed E-state index contributed by atoms with van der Waals surface area (Å²) in [7, 11) is 0. The Morgan fingerprint density at radius 1 is 1.44 bits per heavy atom. The first-order valence-electron chi connectivity index (χ1n) is 6.76. The van der Waals surface area contributed by atoms with E-state index in [1.54, 1.807) is 0 Å². The second-order valence-electron chi connectivity index (χ2n) is 4.81. The van der Waals surface area contributed by atoms with Crippen molar-refractivity contribution in [1.82, 2.24) is 10.6 Å². The number of piperidine rings is 1. The van der Waals surface area contributed by atoms with E-state index in [1.165, 1.54) is 12.8 Å². The predicted octanol–water partition coefficient (Wildman–Crippen LogP) is 1.93. The third-order valence-electron chi connectivity index (χ3n) is 3.61. The number of hydrogen-bond donors (Lipinski definition) is 2. The lowest BCUT2D eigenvalue weighted by Crippen LogP contribution is -2.35. The molecule has 1 aliphatic rings. The summed E-state index contributed by atoms with van der Waals surface area (Å²) >= 11 is 0. The van der Waals surface area contributed by atoms with Crippen molar-refractivity contribution in [3.05, 3.63) is 0 Å². The van der Waals surface area contributed by atoms with Gasteiger partial charge in [-0.3, -0.25) is 4.79 Å². The van der Waals surface area contributed by atoms with E-state index in [9.17, 15) is 4.79 Å². The lowest BCUT2D eigenvalue weighted by Gasteiger charge is -2.23. The third-order valence-corrected chi connectivity index (χ3v) is 3.61. The van der Waals surface area contributed by atoms with Crippen molar-refractivity contribution in [3.8, 4) is 0 Å². The Hall–Kier alpha value is -0.570. The largest absolute Gasteiger partial charge is 0.356 e. The van der Waals surface area contributed by atoms with E-state index in [1.807, 2.05) is 0 Å². The lowest BCUT2D eigenvalue weighted by molar-refractivity contribution is -0.125. The topological polar surface area (TPSA) is 41.1 Å². The molecular formula is C13H26N2O. The van der Waals surface area contributed by atoms with E-state index >= 15 is 0 Å². The minimum Gasteiger partial charge on any atom is -0.356 e. The van der Waals surface area contributed by atoms with Crippen molar-refractivity contribution in [3.63, 3.8) is 0 Å². The highest BCUT2D eigenvalue weighted by Gasteiger charge is 2.15. The summed E-state index contributed by atoms with van der Waals surface area (Å²) in [5.41, 5.74) is 0. The number of amides is 1. The van der Waals surface area contributed by atoms with Crippen LogP contribution in [0.1, 0.15) is 46.0 Å². The number of carbonyl (C=O) groups excluding carboxylic acids is 1. The zero-order valence-electron chi connectivity index (χ0n) is 10.7. The summed E-state index contributed by atoms with van der Waals surface area (Å²) in [6, 6.07) is 0. The van der Waals surface area contributed by atoms with Crippen molar-refractivity contribution in [2.24, 2.45) is 11.8 Å². The molecule has 1 heterocycles. The van der Waals surface area contributed by atoms with Gasteiger partial charge in [-0.05, 0) is 51.1 Å². The van der Waals surface area contributed by atoms with Crippen LogP contribution in [0.4, 0.5) is 0 Å². The molecule has 0 bridgehead atoms. The van der Waals surface area contributed by atoms with Crippen molar-refractivity contribution in [2.45, 2.75) is 46.0 Å². The van der Waals surface area contributed by atoms with Gasteiger partial charge in [-0.2, -0.15) is 0 Å². The van der Waals surface area contributed by atoms with Gasteiger partial charge in [0, 0.05) is 12.5 Å². The van der Waals surface area contributed by atoms with Gasteiger partial charge in [-0.25, -0.2) is 0 Å². The summed E-state index contributed by atoms with van der Waals surface area (Å²) < 4.78 is 0. The van der Waals surface area contributed by atoms with Crippen LogP contribution < -0.4 is 10.6 Å². The van der Waals surface area contributed by atoms with Crippen molar-refractivity contribution < 1.29 is 4.79 Å². The molecule has 1 aliphatic heterocycles. The molecule has 1 amide bonds. The van der Waals surface area contributed by atoms with Gasteiger partial charge in [-0.1, -0.05) is 13.8 Å². The molecule has 16 heavy (non-hydrogen) atoms. The normalized spacial score (nSPS) is 21.1. The number of nitrogens with one attached hydrogen (secondary N) is 2. The van der Waals surface area contributed by atoms with Crippen molar-refractivity contribution in [2.75, 3.05) is 19.6 Å².